The van der Waals surface area contributed by atoms with Crippen LogP contribution in [0.2, 0.25) is 5.02 Å². The molecule has 0 heterocycles. The average molecular weight is 143 g/mol. The quantitative estimate of drug-likeness (QED) is 0.554. The van der Waals surface area contributed by atoms with Crippen LogP contribution in [0.25, 0.3) is 0 Å². The SMILES string of the molecule is Nc1ccc([O])cc1Cl. The lowest BCUT2D eigenvalue weighted by atomic mass is 10.3. The van der Waals surface area contributed by atoms with Crippen molar-refractivity contribution in [1.82, 2.24) is 0 Å². The molecule has 1 radical (unpaired) electrons. The predicted octanol–water partition coefficient (Wildman–Crippen LogP) is 2.07. The Morgan fingerprint density at radius 1 is 1.44 bits per heavy atom. The van der Waals surface area contributed by atoms with Gasteiger partial charge in [0.2, 0.25) is 0 Å². The van der Waals surface area contributed by atoms with Crippen LogP contribution in [-0.2, 0) is 5.11 Å². The molecule has 1 aromatic rings. The second-order valence-corrected chi connectivity index (χ2v) is 2.09. The third kappa shape index (κ3) is 1.27. The lowest BCUT2D eigenvalue weighted by molar-refractivity contribution is 0.355. The highest BCUT2D eigenvalue weighted by molar-refractivity contribution is 6.33. The fraction of sp³-hybridized carbons (Fsp3) is 0. The number of hydrogen-bond acceptors (Lipinski definition) is 1. The van der Waals surface area contributed by atoms with Crippen LogP contribution in [0, 0.1) is 0 Å². The third-order valence-corrected chi connectivity index (χ3v) is 1.30. The fourth-order valence-corrected chi connectivity index (χ4v) is 0.678. The molecule has 0 amide bonds. The molecule has 9 heavy (non-hydrogen) atoms. The lowest BCUT2D eigenvalue weighted by Gasteiger charge is -1.93. The first-order valence-electron chi connectivity index (χ1n) is 2.42. The zero-order valence-electron chi connectivity index (χ0n) is 4.60. The summed E-state index contributed by atoms with van der Waals surface area (Å²) in [6.45, 7) is 0. The molecule has 1 rings (SSSR count). The van der Waals surface area contributed by atoms with Crippen LogP contribution in [0.1, 0.15) is 0 Å². The number of benzene rings is 1. The van der Waals surface area contributed by atoms with E-state index in [4.69, 9.17) is 17.3 Å². The molecule has 0 aliphatic rings. The molecule has 0 aliphatic heterocycles. The first-order valence-corrected chi connectivity index (χ1v) is 2.80. The Bertz CT molecular complexity index is 224. The van der Waals surface area contributed by atoms with Gasteiger partial charge >= 0.3 is 0 Å². The van der Waals surface area contributed by atoms with Crippen LogP contribution in [0.15, 0.2) is 18.2 Å². The molecule has 2 N–H and O–H groups in total. The topological polar surface area (TPSA) is 45.9 Å². The zero-order chi connectivity index (χ0) is 6.85. The van der Waals surface area contributed by atoms with E-state index in [0.717, 1.165) is 0 Å². The number of nitrogens with two attached hydrogens (primary N) is 1. The maximum atomic E-state index is 10.5. The van der Waals surface area contributed by atoms with E-state index in [1.807, 2.05) is 0 Å². The van der Waals surface area contributed by atoms with Crippen molar-refractivity contribution >= 4 is 17.3 Å². The molecule has 0 bridgehead atoms. The highest BCUT2D eigenvalue weighted by atomic mass is 35.5. The highest BCUT2D eigenvalue weighted by Gasteiger charge is 1.95. The Kier molecular flexibility index (Phi) is 1.49. The molecule has 0 spiro atoms. The van der Waals surface area contributed by atoms with Gasteiger partial charge in [0, 0.05) is 6.07 Å². The van der Waals surface area contributed by atoms with Crippen LogP contribution in [0.4, 0.5) is 5.69 Å². The predicted molar refractivity (Wildman–Crippen MR) is 36.0 cm³/mol. The van der Waals surface area contributed by atoms with Crippen LogP contribution < -0.4 is 5.73 Å². The molecule has 0 fully saturated rings. The molecule has 47 valence electrons. The molecule has 2 nitrogen and oxygen atoms in total. The van der Waals surface area contributed by atoms with Gasteiger partial charge in [0.25, 0.3) is 0 Å². The summed E-state index contributed by atoms with van der Waals surface area (Å²) in [6, 6.07) is 4.16. The maximum Gasteiger partial charge on any atom is 0.180 e. The van der Waals surface area contributed by atoms with E-state index in [1.54, 1.807) is 0 Å². The summed E-state index contributed by atoms with van der Waals surface area (Å²) in [6.07, 6.45) is 0. The summed E-state index contributed by atoms with van der Waals surface area (Å²) in [7, 11) is 0. The first-order chi connectivity index (χ1) is 4.20. The Hall–Kier alpha value is -0.890. The van der Waals surface area contributed by atoms with Gasteiger partial charge in [-0.15, -0.1) is 0 Å². The maximum absolute atomic E-state index is 10.5. The zero-order valence-corrected chi connectivity index (χ0v) is 5.35. The van der Waals surface area contributed by atoms with Crippen molar-refractivity contribution in [2.24, 2.45) is 0 Å². The van der Waals surface area contributed by atoms with Crippen LogP contribution in [0.3, 0.4) is 0 Å². The van der Waals surface area contributed by atoms with Crippen molar-refractivity contribution in [2.45, 2.75) is 0 Å². The lowest BCUT2D eigenvalue weighted by Crippen LogP contribution is -1.83. The first kappa shape index (κ1) is 6.23. The van der Waals surface area contributed by atoms with E-state index in [1.165, 1.54) is 18.2 Å². The van der Waals surface area contributed by atoms with Crippen molar-refractivity contribution < 1.29 is 5.11 Å². The fourth-order valence-electron chi connectivity index (χ4n) is 0.508. The standard InChI is InChI=1S/C6H5ClNO/c7-5-3-4(9)1-2-6(5)8/h1-3H,8H2. The normalized spacial score (nSPS) is 9.44. The Balaban J connectivity index is 3.17. The van der Waals surface area contributed by atoms with E-state index in [-0.39, 0.29) is 5.75 Å². The molecular formula is C6H5ClNO. The minimum atomic E-state index is -0.116. The molecular weight excluding hydrogens is 138 g/mol. The largest absolute Gasteiger partial charge is 0.398 e. The second-order valence-electron chi connectivity index (χ2n) is 1.68. The Labute approximate surface area is 57.9 Å². The third-order valence-electron chi connectivity index (χ3n) is 0.972. The minimum absolute atomic E-state index is 0.116. The van der Waals surface area contributed by atoms with Gasteiger partial charge in [0.15, 0.2) is 5.75 Å². The molecule has 0 unspecified atom stereocenters. The molecule has 0 atom stereocenters. The van der Waals surface area contributed by atoms with E-state index >= 15 is 0 Å². The molecule has 0 saturated heterocycles. The molecule has 0 aromatic heterocycles. The van der Waals surface area contributed by atoms with Crippen molar-refractivity contribution in [3.63, 3.8) is 0 Å². The van der Waals surface area contributed by atoms with Gasteiger partial charge in [-0.25, -0.2) is 0 Å². The van der Waals surface area contributed by atoms with Crippen molar-refractivity contribution in [3.05, 3.63) is 23.2 Å². The summed E-state index contributed by atoms with van der Waals surface area (Å²) < 4.78 is 0. The van der Waals surface area contributed by atoms with Gasteiger partial charge in [-0.3, -0.25) is 5.11 Å². The van der Waals surface area contributed by atoms with Gasteiger partial charge in [0.1, 0.15) is 0 Å². The van der Waals surface area contributed by atoms with E-state index in [0.29, 0.717) is 10.7 Å². The summed E-state index contributed by atoms with van der Waals surface area (Å²) in [5, 5.41) is 10.8. The number of anilines is 1. The second kappa shape index (κ2) is 2.15. The number of rotatable bonds is 0. The van der Waals surface area contributed by atoms with Gasteiger partial charge in [-0.1, -0.05) is 11.6 Å². The van der Waals surface area contributed by atoms with Crippen LogP contribution in [0.5, 0.6) is 5.75 Å². The highest BCUT2D eigenvalue weighted by Crippen LogP contribution is 2.22. The van der Waals surface area contributed by atoms with Crippen LogP contribution >= 0.6 is 11.6 Å². The molecule has 1 aromatic carbocycles. The van der Waals surface area contributed by atoms with E-state index in [2.05, 4.69) is 0 Å². The van der Waals surface area contributed by atoms with E-state index < -0.39 is 0 Å². The number of halogens is 1. The van der Waals surface area contributed by atoms with Gasteiger partial charge in [-0.05, 0) is 12.1 Å². The van der Waals surface area contributed by atoms with E-state index in [9.17, 15) is 5.11 Å². The minimum Gasteiger partial charge on any atom is -0.398 e. The molecule has 0 saturated carbocycles. The van der Waals surface area contributed by atoms with Crippen molar-refractivity contribution in [2.75, 3.05) is 5.73 Å². The van der Waals surface area contributed by atoms with Gasteiger partial charge < -0.3 is 5.73 Å². The van der Waals surface area contributed by atoms with Crippen LogP contribution in [-0.4, -0.2) is 0 Å². The van der Waals surface area contributed by atoms with Crippen molar-refractivity contribution in [1.29, 1.82) is 0 Å². The number of hydrogen-bond donors (Lipinski definition) is 1. The van der Waals surface area contributed by atoms with Crippen molar-refractivity contribution in [3.8, 4) is 5.75 Å². The van der Waals surface area contributed by atoms with Gasteiger partial charge in [-0.2, -0.15) is 0 Å². The number of nitrogen functional groups attached to an aromatic ring is 1. The summed E-state index contributed by atoms with van der Waals surface area (Å²) in [5.41, 5.74) is 5.76. The monoisotopic (exact) mass is 142 g/mol. The smallest absolute Gasteiger partial charge is 0.180 e. The summed E-state index contributed by atoms with van der Waals surface area (Å²) in [5.74, 6) is -0.116. The summed E-state index contributed by atoms with van der Waals surface area (Å²) >= 11 is 5.49. The average Bonchev–Trinajstić information content (AvgIpc) is 1.80. The van der Waals surface area contributed by atoms with Gasteiger partial charge in [0.05, 0.1) is 10.7 Å². The Morgan fingerprint density at radius 3 is 2.56 bits per heavy atom. The Morgan fingerprint density at radius 2 is 2.11 bits per heavy atom. The molecule has 0 aliphatic carbocycles. The summed E-state index contributed by atoms with van der Waals surface area (Å²) in [4.78, 5) is 0. The molecule has 3 heteroatoms.